The number of benzene rings is 3. The normalized spacial score (nSPS) is 11.0. The molecule has 4 aromatic rings. The maximum atomic E-state index is 12.6. The van der Waals surface area contributed by atoms with Gasteiger partial charge in [-0.15, -0.1) is 0 Å². The Balaban J connectivity index is 1.45. The lowest BCUT2D eigenvalue weighted by Gasteiger charge is -2.12. The smallest absolute Gasteiger partial charge is 0.261 e. The van der Waals surface area contributed by atoms with E-state index in [1.165, 1.54) is 32.4 Å². The zero-order valence-corrected chi connectivity index (χ0v) is 20.6. The van der Waals surface area contributed by atoms with Gasteiger partial charge in [0.2, 0.25) is 5.95 Å². The predicted octanol–water partition coefficient (Wildman–Crippen LogP) is 4.80. The Morgan fingerprint density at radius 2 is 1.44 bits per heavy atom. The van der Waals surface area contributed by atoms with Gasteiger partial charge in [-0.1, -0.05) is 0 Å². The highest BCUT2D eigenvalue weighted by molar-refractivity contribution is 7.92. The van der Waals surface area contributed by atoms with Crippen LogP contribution in [-0.4, -0.2) is 37.7 Å². The van der Waals surface area contributed by atoms with Crippen molar-refractivity contribution in [3.63, 3.8) is 0 Å². The first-order valence-corrected chi connectivity index (χ1v) is 12.3. The summed E-state index contributed by atoms with van der Waals surface area (Å²) in [6.45, 7) is 1.83. The molecule has 0 spiro atoms. The van der Waals surface area contributed by atoms with E-state index in [1.54, 1.807) is 54.6 Å². The molecular weight excluding hydrogens is 482 g/mol. The van der Waals surface area contributed by atoms with Gasteiger partial charge in [0, 0.05) is 34.9 Å². The molecule has 0 aliphatic carbocycles. The molecule has 0 atom stereocenters. The number of phenolic OH excluding ortho intramolecular Hbond substituents is 1. The summed E-state index contributed by atoms with van der Waals surface area (Å²) < 4.78 is 38.0. The van der Waals surface area contributed by atoms with Gasteiger partial charge in [-0.3, -0.25) is 4.72 Å². The molecule has 0 amide bonds. The van der Waals surface area contributed by atoms with Crippen LogP contribution in [0, 0.1) is 6.92 Å². The minimum absolute atomic E-state index is 0.00864. The summed E-state index contributed by atoms with van der Waals surface area (Å²) in [4.78, 5) is 8.99. The third kappa shape index (κ3) is 5.94. The highest BCUT2D eigenvalue weighted by atomic mass is 32.2. The molecular formula is C25H25N5O5S. The number of sulfonamides is 1. The zero-order valence-electron chi connectivity index (χ0n) is 19.8. The summed E-state index contributed by atoms with van der Waals surface area (Å²) in [5, 5.41) is 16.2. The number of aromatic hydroxyl groups is 1. The van der Waals surface area contributed by atoms with Crippen LogP contribution < -0.4 is 24.8 Å². The molecule has 10 nitrogen and oxygen atoms in total. The number of methoxy groups -OCH3 is 2. The topological polar surface area (TPSA) is 135 Å². The number of hydrogen-bond acceptors (Lipinski definition) is 9. The fraction of sp³-hybridized carbons (Fsp3) is 0.120. The Hall–Kier alpha value is -4.51. The lowest BCUT2D eigenvalue weighted by atomic mass is 10.2. The third-order valence-corrected chi connectivity index (χ3v) is 6.47. The Labute approximate surface area is 209 Å². The largest absolute Gasteiger partial charge is 0.504 e. The molecule has 186 valence electrons. The first-order valence-electron chi connectivity index (χ1n) is 10.8. The number of anilines is 5. The summed E-state index contributed by atoms with van der Waals surface area (Å²) in [5.74, 6) is 1.83. The number of ether oxygens (including phenoxy) is 2. The molecule has 0 radical (unpaired) electrons. The lowest BCUT2D eigenvalue weighted by molar-refractivity contribution is 0.373. The van der Waals surface area contributed by atoms with Crippen molar-refractivity contribution in [3.8, 4) is 17.2 Å². The molecule has 0 bridgehead atoms. The van der Waals surface area contributed by atoms with E-state index >= 15 is 0 Å². The van der Waals surface area contributed by atoms with Crippen molar-refractivity contribution in [2.24, 2.45) is 0 Å². The van der Waals surface area contributed by atoms with Crippen molar-refractivity contribution in [1.82, 2.24) is 9.97 Å². The van der Waals surface area contributed by atoms with E-state index in [0.29, 0.717) is 40.3 Å². The predicted molar refractivity (Wildman–Crippen MR) is 138 cm³/mol. The van der Waals surface area contributed by atoms with E-state index in [2.05, 4.69) is 25.3 Å². The highest BCUT2D eigenvalue weighted by Crippen LogP contribution is 2.30. The first-order chi connectivity index (χ1) is 17.3. The lowest BCUT2D eigenvalue weighted by Crippen LogP contribution is -2.12. The second-order valence-corrected chi connectivity index (χ2v) is 9.40. The molecule has 4 N–H and O–H groups in total. The average molecular weight is 508 g/mol. The molecule has 0 fully saturated rings. The molecule has 0 aliphatic rings. The number of nitrogens with zero attached hydrogens (tertiary/aromatic N) is 2. The Kier molecular flexibility index (Phi) is 7.11. The van der Waals surface area contributed by atoms with Crippen LogP contribution in [-0.2, 0) is 10.0 Å². The molecule has 0 unspecified atom stereocenters. The monoisotopic (exact) mass is 507 g/mol. The van der Waals surface area contributed by atoms with Crippen LogP contribution in [0.3, 0.4) is 0 Å². The van der Waals surface area contributed by atoms with Gasteiger partial charge in [-0.25, -0.2) is 13.4 Å². The van der Waals surface area contributed by atoms with Gasteiger partial charge in [0.15, 0.2) is 11.5 Å². The molecule has 0 aliphatic heterocycles. The minimum Gasteiger partial charge on any atom is -0.504 e. The van der Waals surface area contributed by atoms with Gasteiger partial charge >= 0.3 is 0 Å². The molecule has 1 aromatic heterocycles. The summed E-state index contributed by atoms with van der Waals surface area (Å²) in [6.07, 6.45) is 0. The van der Waals surface area contributed by atoms with E-state index in [9.17, 15) is 13.5 Å². The summed E-state index contributed by atoms with van der Waals surface area (Å²) in [5.41, 5.74) is 2.42. The van der Waals surface area contributed by atoms with Crippen molar-refractivity contribution in [3.05, 3.63) is 78.5 Å². The van der Waals surface area contributed by atoms with Gasteiger partial charge in [-0.2, -0.15) is 4.98 Å². The molecule has 0 saturated heterocycles. The third-order valence-electron chi connectivity index (χ3n) is 5.07. The second-order valence-electron chi connectivity index (χ2n) is 7.71. The van der Waals surface area contributed by atoms with Crippen molar-refractivity contribution >= 4 is 38.9 Å². The summed E-state index contributed by atoms with van der Waals surface area (Å²) in [6, 6.07) is 19.5. The van der Waals surface area contributed by atoms with E-state index < -0.39 is 10.0 Å². The number of aromatic nitrogens is 2. The Bertz CT molecular complexity index is 1460. The summed E-state index contributed by atoms with van der Waals surface area (Å²) in [7, 11) is -0.744. The maximum Gasteiger partial charge on any atom is 0.261 e. The van der Waals surface area contributed by atoms with Gasteiger partial charge in [0.25, 0.3) is 10.0 Å². The highest BCUT2D eigenvalue weighted by Gasteiger charge is 2.14. The van der Waals surface area contributed by atoms with Crippen LogP contribution in [0.1, 0.15) is 5.69 Å². The maximum absolute atomic E-state index is 12.6. The molecule has 4 rings (SSSR count). The quantitative estimate of drug-likeness (QED) is 0.252. The van der Waals surface area contributed by atoms with Crippen LogP contribution in [0.15, 0.2) is 77.7 Å². The van der Waals surface area contributed by atoms with Gasteiger partial charge in [-0.05, 0) is 67.6 Å². The standard InChI is InChI=1S/C25H25N5O5S/c1-16-14-24(27-19-8-13-23(35-3)22(31)15-19)29-25(26-16)28-17-4-6-18(7-5-17)30-36(32,33)21-11-9-20(34-2)10-12-21/h4-15,30-31H,1-3H3,(H2,26,27,28,29). The fourth-order valence-electron chi connectivity index (χ4n) is 3.32. The zero-order chi connectivity index (χ0) is 25.7. The van der Waals surface area contributed by atoms with E-state index in [4.69, 9.17) is 9.47 Å². The SMILES string of the molecule is COc1ccc(S(=O)(=O)Nc2ccc(Nc3nc(C)cc(Nc4ccc(OC)c(O)c4)n3)cc2)cc1. The molecule has 3 aromatic carbocycles. The van der Waals surface area contributed by atoms with Gasteiger partial charge in [0.05, 0.1) is 19.1 Å². The van der Waals surface area contributed by atoms with Crippen LogP contribution in [0.2, 0.25) is 0 Å². The van der Waals surface area contributed by atoms with Crippen LogP contribution in [0.4, 0.5) is 28.8 Å². The number of aryl methyl sites for hydroxylation is 1. The van der Waals surface area contributed by atoms with E-state index in [0.717, 1.165) is 5.69 Å². The van der Waals surface area contributed by atoms with Crippen molar-refractivity contribution in [1.29, 1.82) is 0 Å². The van der Waals surface area contributed by atoms with Crippen molar-refractivity contribution in [2.45, 2.75) is 11.8 Å². The second kappa shape index (κ2) is 10.4. The average Bonchev–Trinajstić information content (AvgIpc) is 2.85. The van der Waals surface area contributed by atoms with Crippen molar-refractivity contribution in [2.75, 3.05) is 29.6 Å². The number of rotatable bonds is 9. The number of nitrogens with one attached hydrogen (secondary N) is 3. The molecule has 1 heterocycles. The summed E-state index contributed by atoms with van der Waals surface area (Å²) >= 11 is 0. The molecule has 11 heteroatoms. The van der Waals surface area contributed by atoms with Crippen LogP contribution in [0.25, 0.3) is 0 Å². The number of phenols is 1. The Morgan fingerprint density at radius 3 is 2.08 bits per heavy atom. The van der Waals surface area contributed by atoms with Crippen LogP contribution >= 0.6 is 0 Å². The molecule has 36 heavy (non-hydrogen) atoms. The van der Waals surface area contributed by atoms with Gasteiger partial charge in [0.1, 0.15) is 11.6 Å². The van der Waals surface area contributed by atoms with E-state index in [1.807, 2.05) is 6.92 Å². The van der Waals surface area contributed by atoms with Gasteiger partial charge < -0.3 is 25.2 Å². The first kappa shape index (κ1) is 24.6. The molecule has 0 saturated carbocycles. The van der Waals surface area contributed by atoms with E-state index in [-0.39, 0.29) is 10.6 Å². The number of hydrogen-bond donors (Lipinski definition) is 4. The Morgan fingerprint density at radius 1 is 0.778 bits per heavy atom. The fourth-order valence-corrected chi connectivity index (χ4v) is 4.38. The minimum atomic E-state index is -3.74. The van der Waals surface area contributed by atoms with Crippen LogP contribution in [0.5, 0.6) is 17.2 Å². The van der Waals surface area contributed by atoms with Crippen molar-refractivity contribution < 1.29 is 23.0 Å².